The van der Waals surface area contributed by atoms with Crippen molar-refractivity contribution in [1.82, 2.24) is 4.98 Å². The molecule has 0 radical (unpaired) electrons. The van der Waals surface area contributed by atoms with Gasteiger partial charge in [0.25, 0.3) is 0 Å². The Bertz CT molecular complexity index is 545. The second-order valence-corrected chi connectivity index (χ2v) is 5.11. The molecule has 96 valence electrons. The van der Waals surface area contributed by atoms with E-state index in [0.717, 1.165) is 39.5 Å². The first-order valence-corrected chi connectivity index (χ1v) is 6.96. The van der Waals surface area contributed by atoms with E-state index >= 15 is 0 Å². The van der Waals surface area contributed by atoms with Crippen LogP contribution in [-0.4, -0.2) is 17.8 Å². The standard InChI is InChI=1S/C13H17N3OS/c1-3-18-8-10-6-9-4-5-11(17-2)7-12(9)15-13(10)16-14/h4-7H,3,8,14H2,1-2H3,(H,15,16). The van der Waals surface area contributed by atoms with Gasteiger partial charge in [-0.2, -0.15) is 11.8 Å². The maximum Gasteiger partial charge on any atom is 0.144 e. The molecule has 0 aliphatic heterocycles. The third kappa shape index (κ3) is 2.68. The fourth-order valence-electron chi connectivity index (χ4n) is 1.76. The number of hydrogen-bond donors (Lipinski definition) is 2. The molecule has 0 atom stereocenters. The van der Waals surface area contributed by atoms with Crippen LogP contribution >= 0.6 is 11.8 Å². The minimum atomic E-state index is 0.733. The highest BCUT2D eigenvalue weighted by molar-refractivity contribution is 7.98. The normalized spacial score (nSPS) is 10.6. The number of methoxy groups -OCH3 is 1. The maximum atomic E-state index is 5.53. The molecular weight excluding hydrogens is 246 g/mol. The third-order valence-electron chi connectivity index (χ3n) is 2.70. The van der Waals surface area contributed by atoms with Gasteiger partial charge in [-0.1, -0.05) is 6.92 Å². The molecule has 2 rings (SSSR count). The van der Waals surface area contributed by atoms with E-state index in [0.29, 0.717) is 0 Å². The number of anilines is 1. The number of hydrazine groups is 1. The van der Waals surface area contributed by atoms with Crippen LogP contribution in [0, 0.1) is 0 Å². The van der Waals surface area contributed by atoms with E-state index in [1.807, 2.05) is 30.0 Å². The predicted molar refractivity (Wildman–Crippen MR) is 77.9 cm³/mol. The van der Waals surface area contributed by atoms with Gasteiger partial charge >= 0.3 is 0 Å². The summed E-state index contributed by atoms with van der Waals surface area (Å²) >= 11 is 1.85. The lowest BCUT2D eigenvalue weighted by atomic mass is 10.1. The van der Waals surface area contributed by atoms with Crippen LogP contribution in [0.4, 0.5) is 5.82 Å². The summed E-state index contributed by atoms with van der Waals surface area (Å²) in [5.74, 6) is 9.05. The zero-order chi connectivity index (χ0) is 13.0. The molecule has 2 aromatic rings. The lowest BCUT2D eigenvalue weighted by molar-refractivity contribution is 0.415. The number of hydrogen-bond acceptors (Lipinski definition) is 5. The van der Waals surface area contributed by atoms with Gasteiger partial charge in [-0.05, 0) is 24.0 Å². The average Bonchev–Trinajstić information content (AvgIpc) is 2.43. The number of ether oxygens (including phenoxy) is 1. The van der Waals surface area contributed by atoms with Crippen LogP contribution in [0.15, 0.2) is 24.3 Å². The summed E-state index contributed by atoms with van der Waals surface area (Å²) in [6, 6.07) is 7.99. The van der Waals surface area contributed by atoms with Crippen molar-refractivity contribution in [2.75, 3.05) is 18.3 Å². The van der Waals surface area contributed by atoms with Gasteiger partial charge in [0.05, 0.1) is 12.6 Å². The van der Waals surface area contributed by atoms with Crippen molar-refractivity contribution in [2.45, 2.75) is 12.7 Å². The third-order valence-corrected chi connectivity index (χ3v) is 3.63. The summed E-state index contributed by atoms with van der Waals surface area (Å²) in [4.78, 5) is 4.53. The van der Waals surface area contributed by atoms with Crippen LogP contribution in [0.3, 0.4) is 0 Å². The number of nitrogens with one attached hydrogen (secondary N) is 1. The summed E-state index contributed by atoms with van der Waals surface area (Å²) in [5, 5.41) is 1.10. The highest BCUT2D eigenvalue weighted by Gasteiger charge is 2.06. The van der Waals surface area contributed by atoms with Crippen molar-refractivity contribution in [3.63, 3.8) is 0 Å². The highest BCUT2D eigenvalue weighted by atomic mass is 32.2. The predicted octanol–water partition coefficient (Wildman–Crippen LogP) is 2.78. The zero-order valence-corrected chi connectivity index (χ0v) is 11.4. The van der Waals surface area contributed by atoms with E-state index in [-0.39, 0.29) is 0 Å². The van der Waals surface area contributed by atoms with Crippen LogP contribution < -0.4 is 16.0 Å². The molecule has 4 nitrogen and oxygen atoms in total. The number of nitrogens with zero attached hydrogens (tertiary/aromatic N) is 1. The first-order valence-electron chi connectivity index (χ1n) is 5.80. The lowest BCUT2D eigenvalue weighted by Gasteiger charge is -2.10. The smallest absolute Gasteiger partial charge is 0.144 e. The molecule has 0 bridgehead atoms. The van der Waals surface area contributed by atoms with E-state index in [1.165, 1.54) is 0 Å². The largest absolute Gasteiger partial charge is 0.497 e. The second-order valence-electron chi connectivity index (χ2n) is 3.84. The molecule has 3 N–H and O–H groups in total. The fourth-order valence-corrected chi connectivity index (χ4v) is 2.41. The number of pyridine rings is 1. The van der Waals surface area contributed by atoms with E-state index < -0.39 is 0 Å². The molecule has 0 aliphatic rings. The quantitative estimate of drug-likeness (QED) is 0.641. The van der Waals surface area contributed by atoms with Crippen LogP contribution in [-0.2, 0) is 5.75 Å². The number of aromatic nitrogens is 1. The molecule has 18 heavy (non-hydrogen) atoms. The number of thioether (sulfide) groups is 1. The molecule has 5 heteroatoms. The topological polar surface area (TPSA) is 60.2 Å². The molecule has 0 saturated heterocycles. The number of nitrogen functional groups attached to an aromatic ring is 1. The Morgan fingerprint density at radius 3 is 2.89 bits per heavy atom. The van der Waals surface area contributed by atoms with Gasteiger partial charge in [-0.3, -0.25) is 0 Å². The SMILES string of the molecule is CCSCc1cc2ccc(OC)cc2nc1NN. The molecule has 1 aromatic carbocycles. The zero-order valence-electron chi connectivity index (χ0n) is 10.6. The number of benzene rings is 1. The van der Waals surface area contributed by atoms with Gasteiger partial charge in [-0.15, -0.1) is 0 Å². The first-order chi connectivity index (χ1) is 8.78. The monoisotopic (exact) mass is 263 g/mol. The van der Waals surface area contributed by atoms with E-state index in [1.54, 1.807) is 7.11 Å². The average molecular weight is 263 g/mol. The molecule has 0 unspecified atom stereocenters. The highest BCUT2D eigenvalue weighted by Crippen LogP contribution is 2.26. The van der Waals surface area contributed by atoms with E-state index in [4.69, 9.17) is 10.6 Å². The molecular formula is C13H17N3OS. The number of rotatable bonds is 5. The minimum absolute atomic E-state index is 0.733. The van der Waals surface area contributed by atoms with Gasteiger partial charge in [0, 0.05) is 22.8 Å². The molecule has 1 heterocycles. The molecule has 0 aliphatic carbocycles. The molecule has 0 spiro atoms. The molecule has 0 saturated carbocycles. The van der Waals surface area contributed by atoms with Crippen molar-refractivity contribution in [3.8, 4) is 5.75 Å². The number of nitrogens with two attached hydrogens (primary N) is 1. The van der Waals surface area contributed by atoms with Gasteiger partial charge in [0.1, 0.15) is 11.6 Å². The van der Waals surface area contributed by atoms with Gasteiger partial charge < -0.3 is 10.2 Å². The van der Waals surface area contributed by atoms with Gasteiger partial charge in [-0.25, -0.2) is 10.8 Å². The molecule has 0 amide bonds. The Kier molecular flexibility index (Phi) is 4.28. The van der Waals surface area contributed by atoms with Crippen molar-refractivity contribution in [2.24, 2.45) is 5.84 Å². The van der Waals surface area contributed by atoms with Gasteiger partial charge in [0.2, 0.25) is 0 Å². The Balaban J connectivity index is 2.46. The molecule has 1 aromatic heterocycles. The summed E-state index contributed by atoms with van der Waals surface area (Å²) in [7, 11) is 1.65. The summed E-state index contributed by atoms with van der Waals surface area (Å²) in [6.07, 6.45) is 0. The summed E-state index contributed by atoms with van der Waals surface area (Å²) in [6.45, 7) is 2.14. The Morgan fingerprint density at radius 2 is 2.22 bits per heavy atom. The van der Waals surface area contributed by atoms with Crippen molar-refractivity contribution >= 4 is 28.5 Å². The van der Waals surface area contributed by atoms with Gasteiger partial charge in [0.15, 0.2) is 0 Å². The van der Waals surface area contributed by atoms with Crippen LogP contribution in [0.5, 0.6) is 5.75 Å². The fraction of sp³-hybridized carbons (Fsp3) is 0.308. The van der Waals surface area contributed by atoms with E-state index in [2.05, 4.69) is 23.4 Å². The first kappa shape index (κ1) is 13.0. The van der Waals surface area contributed by atoms with Crippen LogP contribution in [0.1, 0.15) is 12.5 Å². The lowest BCUT2D eigenvalue weighted by Crippen LogP contribution is -2.11. The Labute approximate surface area is 111 Å². The molecule has 0 fully saturated rings. The number of fused-ring (bicyclic) bond motifs is 1. The van der Waals surface area contributed by atoms with Crippen LogP contribution in [0.2, 0.25) is 0 Å². The Morgan fingerprint density at radius 1 is 1.39 bits per heavy atom. The van der Waals surface area contributed by atoms with Crippen molar-refractivity contribution in [3.05, 3.63) is 29.8 Å². The summed E-state index contributed by atoms with van der Waals surface area (Å²) < 4.78 is 5.20. The van der Waals surface area contributed by atoms with Crippen LogP contribution in [0.25, 0.3) is 10.9 Å². The minimum Gasteiger partial charge on any atom is -0.497 e. The Hall–Kier alpha value is -1.46. The summed E-state index contributed by atoms with van der Waals surface area (Å²) in [5.41, 5.74) is 4.68. The van der Waals surface area contributed by atoms with Crippen molar-refractivity contribution in [1.29, 1.82) is 0 Å². The van der Waals surface area contributed by atoms with E-state index in [9.17, 15) is 0 Å². The van der Waals surface area contributed by atoms with Crippen molar-refractivity contribution < 1.29 is 4.74 Å². The second kappa shape index (κ2) is 5.93. The maximum absolute atomic E-state index is 5.53.